The van der Waals surface area contributed by atoms with Crippen LogP contribution in [0, 0.1) is 0 Å². The fourth-order valence-corrected chi connectivity index (χ4v) is 2.56. The number of aromatic amines is 1. The summed E-state index contributed by atoms with van der Waals surface area (Å²) in [7, 11) is 0. The van der Waals surface area contributed by atoms with Crippen molar-refractivity contribution in [2.75, 3.05) is 0 Å². The van der Waals surface area contributed by atoms with Gasteiger partial charge in [0.25, 0.3) is 0 Å². The first-order valence-electron chi connectivity index (χ1n) is 6.14. The number of nitrogens with one attached hydrogen (secondary N) is 1. The Morgan fingerprint density at radius 1 is 1.39 bits per heavy atom. The number of halogens is 1. The highest BCUT2D eigenvalue weighted by atomic mass is 79.9. The molecule has 0 fully saturated rings. The van der Waals surface area contributed by atoms with Crippen LogP contribution < -0.4 is 5.73 Å². The van der Waals surface area contributed by atoms with E-state index in [9.17, 15) is 0 Å². The van der Waals surface area contributed by atoms with Crippen molar-refractivity contribution in [3.05, 3.63) is 40.8 Å². The van der Waals surface area contributed by atoms with Gasteiger partial charge in [-0.1, -0.05) is 47.5 Å². The number of aromatic nitrogens is 2. The van der Waals surface area contributed by atoms with E-state index in [2.05, 4.69) is 38.9 Å². The standard InChI is InChI=1S/C14H18BrN3/c1-3-8-14(2,16)13-17-9-12(18-13)10-6-4-5-7-11(10)15/h4-7,9H,3,8,16H2,1-2H3,(H,17,18). The molecular weight excluding hydrogens is 290 g/mol. The fraction of sp³-hybridized carbons (Fsp3) is 0.357. The Labute approximate surface area is 116 Å². The van der Waals surface area contributed by atoms with Gasteiger partial charge >= 0.3 is 0 Å². The van der Waals surface area contributed by atoms with Gasteiger partial charge in [-0.05, 0) is 19.4 Å². The minimum atomic E-state index is -0.395. The highest BCUT2D eigenvalue weighted by Gasteiger charge is 2.23. The summed E-state index contributed by atoms with van der Waals surface area (Å²) in [5, 5.41) is 0. The average Bonchev–Trinajstić information content (AvgIpc) is 2.79. The van der Waals surface area contributed by atoms with E-state index in [-0.39, 0.29) is 0 Å². The molecule has 96 valence electrons. The summed E-state index contributed by atoms with van der Waals surface area (Å²) in [6.07, 6.45) is 3.80. The molecule has 1 unspecified atom stereocenters. The van der Waals surface area contributed by atoms with Crippen LogP contribution in [0.15, 0.2) is 34.9 Å². The number of nitrogens with two attached hydrogens (primary N) is 1. The summed E-state index contributed by atoms with van der Waals surface area (Å²) in [6, 6.07) is 8.07. The molecular formula is C14H18BrN3. The smallest absolute Gasteiger partial charge is 0.126 e. The van der Waals surface area contributed by atoms with Crippen LogP contribution in [0.25, 0.3) is 11.3 Å². The van der Waals surface area contributed by atoms with Crippen LogP contribution in [-0.4, -0.2) is 9.97 Å². The lowest BCUT2D eigenvalue weighted by atomic mass is 9.97. The molecule has 1 atom stereocenters. The second kappa shape index (κ2) is 5.24. The predicted octanol–water partition coefficient (Wildman–Crippen LogP) is 3.81. The molecule has 1 heterocycles. The van der Waals surface area contributed by atoms with Gasteiger partial charge in [0.05, 0.1) is 17.4 Å². The summed E-state index contributed by atoms with van der Waals surface area (Å²) >= 11 is 3.54. The molecule has 0 bridgehead atoms. The number of imidazole rings is 1. The molecule has 18 heavy (non-hydrogen) atoms. The molecule has 0 aliphatic carbocycles. The van der Waals surface area contributed by atoms with Gasteiger partial charge in [0.15, 0.2) is 0 Å². The van der Waals surface area contributed by atoms with Crippen molar-refractivity contribution in [2.24, 2.45) is 5.73 Å². The largest absolute Gasteiger partial charge is 0.340 e. The molecule has 0 aliphatic rings. The van der Waals surface area contributed by atoms with Crippen molar-refractivity contribution in [2.45, 2.75) is 32.2 Å². The second-order valence-corrected chi connectivity index (χ2v) is 5.65. The Balaban J connectivity index is 2.34. The van der Waals surface area contributed by atoms with E-state index in [1.165, 1.54) is 0 Å². The monoisotopic (exact) mass is 307 g/mol. The van der Waals surface area contributed by atoms with E-state index >= 15 is 0 Å². The lowest BCUT2D eigenvalue weighted by Gasteiger charge is -2.21. The third kappa shape index (κ3) is 2.65. The molecule has 4 heteroatoms. The quantitative estimate of drug-likeness (QED) is 0.902. The van der Waals surface area contributed by atoms with Crippen LogP contribution in [0.1, 0.15) is 32.5 Å². The van der Waals surface area contributed by atoms with E-state index in [1.54, 1.807) is 0 Å². The van der Waals surface area contributed by atoms with Crippen molar-refractivity contribution < 1.29 is 0 Å². The van der Waals surface area contributed by atoms with Gasteiger partial charge in [0.2, 0.25) is 0 Å². The zero-order valence-corrected chi connectivity index (χ0v) is 12.3. The van der Waals surface area contributed by atoms with Gasteiger partial charge < -0.3 is 10.7 Å². The zero-order chi connectivity index (χ0) is 13.2. The van der Waals surface area contributed by atoms with Crippen LogP contribution in [0.2, 0.25) is 0 Å². The van der Waals surface area contributed by atoms with Gasteiger partial charge in [-0.3, -0.25) is 0 Å². The second-order valence-electron chi connectivity index (χ2n) is 4.79. The van der Waals surface area contributed by atoms with E-state index in [4.69, 9.17) is 5.73 Å². The van der Waals surface area contributed by atoms with E-state index in [0.29, 0.717) is 0 Å². The third-order valence-electron chi connectivity index (χ3n) is 3.05. The van der Waals surface area contributed by atoms with Gasteiger partial charge in [-0.25, -0.2) is 4.98 Å². The number of benzene rings is 1. The molecule has 1 aromatic heterocycles. The highest BCUT2D eigenvalue weighted by Crippen LogP contribution is 2.28. The van der Waals surface area contributed by atoms with Crippen molar-refractivity contribution in [3.63, 3.8) is 0 Å². The summed E-state index contributed by atoms with van der Waals surface area (Å²) in [6.45, 7) is 4.14. The number of rotatable bonds is 4. The first-order valence-corrected chi connectivity index (χ1v) is 6.93. The maximum Gasteiger partial charge on any atom is 0.126 e. The van der Waals surface area contributed by atoms with Crippen LogP contribution in [-0.2, 0) is 5.54 Å². The summed E-state index contributed by atoms with van der Waals surface area (Å²) in [5.41, 5.74) is 7.97. The molecule has 0 saturated heterocycles. The maximum absolute atomic E-state index is 6.27. The molecule has 0 radical (unpaired) electrons. The molecule has 3 nitrogen and oxygen atoms in total. The number of hydrogen-bond acceptors (Lipinski definition) is 2. The fourth-order valence-electron chi connectivity index (χ4n) is 2.07. The molecule has 0 amide bonds. The van der Waals surface area contributed by atoms with Crippen LogP contribution in [0.3, 0.4) is 0 Å². The van der Waals surface area contributed by atoms with Gasteiger partial charge in [0, 0.05) is 10.0 Å². The Morgan fingerprint density at radius 2 is 2.11 bits per heavy atom. The lowest BCUT2D eigenvalue weighted by molar-refractivity contribution is 0.423. The zero-order valence-electron chi connectivity index (χ0n) is 10.7. The molecule has 2 rings (SSSR count). The summed E-state index contributed by atoms with van der Waals surface area (Å²) in [5.74, 6) is 0.843. The molecule has 0 aliphatic heterocycles. The molecule has 2 aromatic rings. The SMILES string of the molecule is CCCC(C)(N)c1ncc(-c2ccccc2Br)[nH]1. The topological polar surface area (TPSA) is 54.7 Å². The maximum atomic E-state index is 6.27. The molecule has 0 saturated carbocycles. The number of nitrogens with zero attached hydrogens (tertiary/aromatic N) is 1. The Hall–Kier alpha value is -1.13. The average molecular weight is 308 g/mol. The van der Waals surface area contributed by atoms with Gasteiger partial charge in [0.1, 0.15) is 5.82 Å². The van der Waals surface area contributed by atoms with Crippen LogP contribution >= 0.6 is 15.9 Å². The summed E-state index contributed by atoms with van der Waals surface area (Å²) in [4.78, 5) is 7.75. The molecule has 0 spiro atoms. The first kappa shape index (κ1) is 13.3. The van der Waals surface area contributed by atoms with Crippen LogP contribution in [0.5, 0.6) is 0 Å². The molecule has 3 N–H and O–H groups in total. The molecule has 1 aromatic carbocycles. The van der Waals surface area contributed by atoms with E-state index < -0.39 is 5.54 Å². The van der Waals surface area contributed by atoms with Crippen molar-refractivity contribution in [1.82, 2.24) is 9.97 Å². The minimum Gasteiger partial charge on any atom is -0.340 e. The summed E-state index contributed by atoms with van der Waals surface area (Å²) < 4.78 is 1.05. The highest BCUT2D eigenvalue weighted by molar-refractivity contribution is 9.10. The predicted molar refractivity (Wildman–Crippen MR) is 78.2 cm³/mol. The third-order valence-corrected chi connectivity index (χ3v) is 3.74. The Morgan fingerprint density at radius 3 is 2.78 bits per heavy atom. The minimum absolute atomic E-state index is 0.395. The lowest BCUT2D eigenvalue weighted by Crippen LogP contribution is -2.34. The first-order chi connectivity index (χ1) is 8.54. The van der Waals surface area contributed by atoms with Crippen molar-refractivity contribution in [1.29, 1.82) is 0 Å². The normalized spacial score (nSPS) is 14.4. The number of hydrogen-bond donors (Lipinski definition) is 2. The van der Waals surface area contributed by atoms with Gasteiger partial charge in [-0.2, -0.15) is 0 Å². The Bertz CT molecular complexity index is 531. The Kier molecular flexibility index (Phi) is 3.88. The van der Waals surface area contributed by atoms with Gasteiger partial charge in [-0.15, -0.1) is 0 Å². The number of H-pyrrole nitrogens is 1. The van der Waals surface area contributed by atoms with Crippen molar-refractivity contribution in [3.8, 4) is 11.3 Å². The van der Waals surface area contributed by atoms with E-state index in [1.807, 2.05) is 31.3 Å². The van der Waals surface area contributed by atoms with Crippen LogP contribution in [0.4, 0.5) is 0 Å². The van der Waals surface area contributed by atoms with E-state index in [0.717, 1.165) is 34.4 Å². The van der Waals surface area contributed by atoms with Crippen molar-refractivity contribution >= 4 is 15.9 Å².